The highest BCUT2D eigenvalue weighted by atomic mass is 79.9. The van der Waals surface area contributed by atoms with Crippen molar-refractivity contribution in [1.29, 1.82) is 0 Å². The number of barbiturate groups is 1. The van der Waals surface area contributed by atoms with Crippen molar-refractivity contribution >= 4 is 90.6 Å². The predicted octanol–water partition coefficient (Wildman–Crippen LogP) is 5.34. The topological polar surface area (TPSA) is 131 Å². The Balaban J connectivity index is 1.61. The maximum Gasteiger partial charge on any atom is 0.337 e. The van der Waals surface area contributed by atoms with E-state index in [4.69, 9.17) is 16.3 Å². The van der Waals surface area contributed by atoms with E-state index in [0.717, 1.165) is 4.90 Å². The summed E-state index contributed by atoms with van der Waals surface area (Å²) in [7, 11) is 1.23. The highest BCUT2D eigenvalue weighted by molar-refractivity contribution is 9.11. The predicted molar refractivity (Wildman–Crippen MR) is 154 cm³/mol. The van der Waals surface area contributed by atoms with Crippen molar-refractivity contribution in [2.45, 2.75) is 0 Å². The summed E-state index contributed by atoms with van der Waals surface area (Å²) in [5, 5.41) is 5.33. The van der Waals surface area contributed by atoms with Crippen LogP contribution in [0.15, 0.2) is 75.2 Å². The van der Waals surface area contributed by atoms with E-state index < -0.39 is 36.3 Å². The van der Waals surface area contributed by atoms with Crippen LogP contribution in [0.2, 0.25) is 5.02 Å². The van der Waals surface area contributed by atoms with Gasteiger partial charge in [-0.1, -0.05) is 27.5 Å². The lowest BCUT2D eigenvalue weighted by Crippen LogP contribution is -2.54. The lowest BCUT2D eigenvalue weighted by Gasteiger charge is -2.26. The van der Waals surface area contributed by atoms with Crippen molar-refractivity contribution in [3.8, 4) is 5.75 Å². The normalized spacial score (nSPS) is 14.2. The number of hydrogen-bond donors (Lipinski definition) is 2. The smallest absolute Gasteiger partial charge is 0.337 e. The van der Waals surface area contributed by atoms with E-state index in [1.54, 1.807) is 36.4 Å². The molecule has 0 aromatic heterocycles. The Kier molecular flexibility index (Phi) is 9.03. The van der Waals surface area contributed by atoms with Crippen LogP contribution < -0.4 is 20.3 Å². The molecule has 0 atom stereocenters. The van der Waals surface area contributed by atoms with Gasteiger partial charge in [0.2, 0.25) is 0 Å². The SMILES string of the molecule is COC(=O)c1ccc(N2C(=O)NC(=O)/C(=C/c3cc(Br)cc(Br)c3OCC(=O)Nc3ccc(Cl)cc3)C2=O)cc1. The lowest BCUT2D eigenvalue weighted by atomic mass is 10.1. The van der Waals surface area contributed by atoms with Gasteiger partial charge in [0.1, 0.15) is 11.3 Å². The van der Waals surface area contributed by atoms with Crippen molar-refractivity contribution < 1.29 is 33.4 Å². The molecule has 204 valence electrons. The summed E-state index contributed by atoms with van der Waals surface area (Å²) in [6, 6.07) is 14.3. The molecule has 1 aliphatic heterocycles. The molecule has 2 N–H and O–H groups in total. The highest BCUT2D eigenvalue weighted by Gasteiger charge is 2.37. The molecule has 0 saturated carbocycles. The number of methoxy groups -OCH3 is 1. The molecule has 1 heterocycles. The van der Waals surface area contributed by atoms with Crippen molar-refractivity contribution in [2.24, 2.45) is 0 Å². The molecule has 3 aromatic carbocycles. The van der Waals surface area contributed by atoms with Crippen molar-refractivity contribution in [1.82, 2.24) is 5.32 Å². The van der Waals surface area contributed by atoms with Crippen LogP contribution in [0.3, 0.4) is 0 Å². The molecule has 0 aliphatic carbocycles. The van der Waals surface area contributed by atoms with E-state index in [0.29, 0.717) is 19.7 Å². The second-order valence-corrected chi connectivity index (χ2v) is 10.4. The number of rotatable bonds is 7. The quantitative estimate of drug-likeness (QED) is 0.195. The van der Waals surface area contributed by atoms with E-state index in [9.17, 15) is 24.0 Å². The lowest BCUT2D eigenvalue weighted by molar-refractivity contribution is -0.122. The van der Waals surface area contributed by atoms with Crippen molar-refractivity contribution in [2.75, 3.05) is 23.9 Å². The van der Waals surface area contributed by atoms with Gasteiger partial charge < -0.3 is 14.8 Å². The second-order valence-electron chi connectivity index (χ2n) is 8.15. The Labute approximate surface area is 249 Å². The third kappa shape index (κ3) is 6.58. The van der Waals surface area contributed by atoms with Gasteiger partial charge in [-0.25, -0.2) is 14.5 Å². The maximum atomic E-state index is 13.3. The van der Waals surface area contributed by atoms with Crippen LogP contribution in [-0.4, -0.2) is 43.4 Å². The van der Waals surface area contributed by atoms with Gasteiger partial charge in [-0.05, 0) is 82.7 Å². The zero-order valence-electron chi connectivity index (χ0n) is 20.5. The number of urea groups is 1. The molecule has 0 spiro atoms. The summed E-state index contributed by atoms with van der Waals surface area (Å²) in [6.45, 7) is -0.393. The first-order valence-corrected chi connectivity index (χ1v) is 13.3. The molecule has 13 heteroatoms. The van der Waals surface area contributed by atoms with E-state index in [-0.39, 0.29) is 28.1 Å². The summed E-state index contributed by atoms with van der Waals surface area (Å²) >= 11 is 12.6. The molecular weight excluding hydrogens is 674 g/mol. The number of halogens is 3. The van der Waals surface area contributed by atoms with Gasteiger partial charge in [0.25, 0.3) is 17.7 Å². The summed E-state index contributed by atoms with van der Waals surface area (Å²) < 4.78 is 11.4. The van der Waals surface area contributed by atoms with Crippen molar-refractivity contribution in [3.63, 3.8) is 0 Å². The molecule has 0 bridgehead atoms. The van der Waals surface area contributed by atoms with Gasteiger partial charge in [-0.3, -0.25) is 19.7 Å². The number of nitrogens with zero attached hydrogens (tertiary/aromatic N) is 1. The minimum atomic E-state index is -0.955. The van der Waals surface area contributed by atoms with Gasteiger partial charge in [-0.15, -0.1) is 0 Å². The van der Waals surface area contributed by atoms with E-state index in [1.165, 1.54) is 37.5 Å². The number of nitrogens with one attached hydrogen (secondary N) is 2. The van der Waals surface area contributed by atoms with Gasteiger partial charge >= 0.3 is 12.0 Å². The van der Waals surface area contributed by atoms with Gasteiger partial charge in [0.15, 0.2) is 6.61 Å². The second kappa shape index (κ2) is 12.5. The highest BCUT2D eigenvalue weighted by Crippen LogP contribution is 2.35. The first kappa shape index (κ1) is 29.0. The van der Waals surface area contributed by atoms with Crippen LogP contribution in [-0.2, 0) is 19.1 Å². The molecule has 1 saturated heterocycles. The third-order valence-corrected chi connectivity index (χ3v) is 6.76. The summed E-state index contributed by atoms with van der Waals surface area (Å²) in [6.07, 6.45) is 1.25. The van der Waals surface area contributed by atoms with Gasteiger partial charge in [0, 0.05) is 20.7 Å². The van der Waals surface area contributed by atoms with Crippen LogP contribution in [0.5, 0.6) is 5.75 Å². The van der Waals surface area contributed by atoms with Gasteiger partial charge in [-0.2, -0.15) is 0 Å². The number of amides is 5. The molecule has 0 unspecified atom stereocenters. The zero-order chi connectivity index (χ0) is 29.0. The first-order valence-electron chi connectivity index (χ1n) is 11.3. The molecule has 1 aliphatic rings. The third-order valence-electron chi connectivity index (χ3n) is 5.46. The molecular formula is C27H18Br2ClN3O7. The average molecular weight is 692 g/mol. The standard InChI is InChI=1S/C27H18Br2ClN3O7/c1-39-26(37)14-2-8-19(9-3-14)33-25(36)20(24(35)32-27(33)38)11-15-10-16(28)12-21(29)23(15)40-13-22(34)31-18-6-4-17(30)5-7-18/h2-12H,13H2,1H3,(H,31,34)(H,32,35,38)/b20-11-. The number of esters is 1. The number of imide groups is 2. The summed E-state index contributed by atoms with van der Waals surface area (Å²) in [5.41, 5.74) is 0.763. The Morgan fingerprint density at radius 2 is 1.70 bits per heavy atom. The summed E-state index contributed by atoms with van der Waals surface area (Å²) in [4.78, 5) is 63.6. The number of benzene rings is 3. The molecule has 10 nitrogen and oxygen atoms in total. The number of ether oxygens (including phenoxy) is 2. The van der Waals surface area contributed by atoms with Crippen molar-refractivity contribution in [3.05, 3.63) is 91.3 Å². The Bertz CT molecular complexity index is 1560. The minimum Gasteiger partial charge on any atom is -0.482 e. The van der Waals surface area contributed by atoms with E-state index >= 15 is 0 Å². The number of carbonyl (C=O) groups excluding carboxylic acids is 5. The Hall–Kier alpha value is -4.00. The summed E-state index contributed by atoms with van der Waals surface area (Å²) in [5.74, 6) is -2.70. The van der Waals surface area contributed by atoms with Gasteiger partial charge in [0.05, 0.1) is 22.8 Å². The monoisotopic (exact) mass is 689 g/mol. The fourth-order valence-corrected chi connectivity index (χ4v) is 5.12. The number of anilines is 2. The first-order chi connectivity index (χ1) is 19.1. The van der Waals surface area contributed by atoms with E-state index in [1.807, 2.05) is 0 Å². The minimum absolute atomic E-state index is 0.124. The molecule has 40 heavy (non-hydrogen) atoms. The molecule has 0 radical (unpaired) electrons. The van der Waals surface area contributed by atoms with Crippen LogP contribution in [0.25, 0.3) is 6.08 Å². The van der Waals surface area contributed by atoms with Crippen LogP contribution in [0.1, 0.15) is 15.9 Å². The number of hydrogen-bond acceptors (Lipinski definition) is 7. The maximum absolute atomic E-state index is 13.3. The van der Waals surface area contributed by atoms with Crippen LogP contribution in [0.4, 0.5) is 16.2 Å². The molecule has 1 fully saturated rings. The zero-order valence-corrected chi connectivity index (χ0v) is 24.4. The molecule has 4 rings (SSSR count). The Morgan fingerprint density at radius 1 is 1.02 bits per heavy atom. The molecule has 3 aromatic rings. The Morgan fingerprint density at radius 3 is 2.35 bits per heavy atom. The van der Waals surface area contributed by atoms with E-state index in [2.05, 4.69) is 47.2 Å². The van der Waals surface area contributed by atoms with Crippen LogP contribution >= 0.6 is 43.5 Å². The molecule has 5 amide bonds. The van der Waals surface area contributed by atoms with Crippen LogP contribution in [0, 0.1) is 0 Å². The fourth-order valence-electron chi connectivity index (χ4n) is 3.62. The largest absolute Gasteiger partial charge is 0.482 e. The fraction of sp³-hybridized carbons (Fsp3) is 0.0741. The average Bonchev–Trinajstić information content (AvgIpc) is 2.91. The number of carbonyl (C=O) groups is 5.